The summed E-state index contributed by atoms with van der Waals surface area (Å²) < 4.78 is 9.90. The van der Waals surface area contributed by atoms with E-state index < -0.39 is 5.78 Å². The Balaban J connectivity index is 2.42. The molecule has 2 aromatic rings. The molecule has 0 atom stereocenters. The van der Waals surface area contributed by atoms with Crippen molar-refractivity contribution in [3.8, 4) is 11.8 Å². The van der Waals surface area contributed by atoms with Gasteiger partial charge in [-0.05, 0) is 6.07 Å². The number of ketones is 1. The molecule has 92 valence electrons. The molecular weight excluding hydrogens is 236 g/mol. The molecule has 2 aromatic heterocycles. The van der Waals surface area contributed by atoms with Crippen LogP contribution in [-0.2, 0) is 0 Å². The number of rotatable bonds is 4. The highest BCUT2D eigenvalue weighted by molar-refractivity contribution is 6.06. The van der Waals surface area contributed by atoms with E-state index >= 15 is 0 Å². The van der Waals surface area contributed by atoms with Gasteiger partial charge in [0, 0.05) is 12.4 Å². The number of aromatic nitrogens is 4. The normalized spacial score (nSPS) is 9.89. The van der Waals surface area contributed by atoms with Crippen LogP contribution in [0.5, 0.6) is 11.8 Å². The van der Waals surface area contributed by atoms with Crippen molar-refractivity contribution >= 4 is 5.78 Å². The van der Waals surface area contributed by atoms with Crippen LogP contribution in [0.1, 0.15) is 16.3 Å². The minimum atomic E-state index is -0.456. The highest BCUT2D eigenvalue weighted by Gasteiger charge is 2.20. The Morgan fingerprint density at radius 2 is 1.83 bits per heavy atom. The van der Waals surface area contributed by atoms with Gasteiger partial charge in [0.1, 0.15) is 0 Å². The molecule has 0 N–H and O–H groups in total. The van der Waals surface area contributed by atoms with Crippen molar-refractivity contribution in [2.24, 2.45) is 0 Å². The fraction of sp³-hybridized carbons (Fsp3) is 0.182. The van der Waals surface area contributed by atoms with Crippen molar-refractivity contribution in [1.29, 1.82) is 0 Å². The number of hydrogen-bond donors (Lipinski definition) is 0. The number of nitrogens with zero attached hydrogens (tertiary/aromatic N) is 4. The first kappa shape index (κ1) is 11.9. The molecule has 0 amide bonds. The first-order valence-electron chi connectivity index (χ1n) is 5.03. The van der Waals surface area contributed by atoms with Crippen LogP contribution in [0.15, 0.2) is 24.7 Å². The Bertz CT molecular complexity index is 559. The maximum absolute atomic E-state index is 12.1. The van der Waals surface area contributed by atoms with E-state index in [1.165, 1.54) is 32.8 Å². The summed E-state index contributed by atoms with van der Waals surface area (Å²) in [7, 11) is 2.84. The Kier molecular flexibility index (Phi) is 3.42. The molecule has 0 bridgehead atoms. The topological polar surface area (TPSA) is 87.1 Å². The second-order valence-electron chi connectivity index (χ2n) is 3.17. The van der Waals surface area contributed by atoms with Gasteiger partial charge in [-0.25, -0.2) is 15.0 Å². The average molecular weight is 246 g/mol. The zero-order valence-electron chi connectivity index (χ0n) is 9.82. The monoisotopic (exact) mass is 246 g/mol. The number of carbonyl (C=O) groups excluding carboxylic acids is 1. The van der Waals surface area contributed by atoms with Gasteiger partial charge in [-0.15, -0.1) is 0 Å². The third-order valence-electron chi connectivity index (χ3n) is 2.10. The van der Waals surface area contributed by atoms with Crippen LogP contribution in [0.3, 0.4) is 0 Å². The minimum absolute atomic E-state index is 0.0373. The summed E-state index contributed by atoms with van der Waals surface area (Å²) in [5.74, 6) is -0.0814. The maximum Gasteiger partial charge on any atom is 0.254 e. The van der Waals surface area contributed by atoms with Gasteiger partial charge in [0.15, 0.2) is 5.69 Å². The minimum Gasteiger partial charge on any atom is -0.480 e. The van der Waals surface area contributed by atoms with Crippen molar-refractivity contribution in [2.75, 3.05) is 14.2 Å². The van der Waals surface area contributed by atoms with Crippen molar-refractivity contribution < 1.29 is 14.3 Å². The number of carbonyl (C=O) groups is 1. The molecule has 0 saturated carbocycles. The van der Waals surface area contributed by atoms with Gasteiger partial charge in [-0.2, -0.15) is 4.98 Å². The lowest BCUT2D eigenvalue weighted by Gasteiger charge is -2.06. The lowest BCUT2D eigenvalue weighted by Crippen LogP contribution is -2.11. The highest BCUT2D eigenvalue weighted by atomic mass is 16.5. The van der Waals surface area contributed by atoms with Crippen molar-refractivity contribution in [3.05, 3.63) is 36.2 Å². The summed E-state index contributed by atoms with van der Waals surface area (Å²) in [5.41, 5.74) is 0.0458. The standard InChI is InChI=1S/C11H10N4O3/c1-17-7-6-14-8(11(15-7)18-2)9(16)10-12-4-3-5-13-10/h3-6H,1-2H3. The summed E-state index contributed by atoms with van der Waals surface area (Å²) in [4.78, 5) is 27.7. The zero-order chi connectivity index (χ0) is 13.0. The maximum atomic E-state index is 12.1. The molecule has 0 radical (unpaired) electrons. The van der Waals surface area contributed by atoms with Gasteiger partial charge < -0.3 is 9.47 Å². The van der Waals surface area contributed by atoms with E-state index in [1.54, 1.807) is 6.07 Å². The highest BCUT2D eigenvalue weighted by Crippen LogP contribution is 2.18. The third-order valence-corrected chi connectivity index (χ3v) is 2.10. The molecule has 2 heterocycles. The molecule has 7 nitrogen and oxygen atoms in total. The largest absolute Gasteiger partial charge is 0.480 e. The smallest absolute Gasteiger partial charge is 0.254 e. The SMILES string of the molecule is COc1cnc(C(=O)c2ncccn2)c(OC)n1. The van der Waals surface area contributed by atoms with Gasteiger partial charge in [0.25, 0.3) is 5.78 Å². The fourth-order valence-electron chi connectivity index (χ4n) is 1.28. The van der Waals surface area contributed by atoms with Crippen LogP contribution in [-0.4, -0.2) is 39.9 Å². The molecule has 18 heavy (non-hydrogen) atoms. The fourth-order valence-corrected chi connectivity index (χ4v) is 1.28. The van der Waals surface area contributed by atoms with E-state index in [1.807, 2.05) is 0 Å². The molecule has 0 aliphatic carbocycles. The third kappa shape index (κ3) is 2.24. The van der Waals surface area contributed by atoms with E-state index in [2.05, 4.69) is 19.9 Å². The Morgan fingerprint density at radius 3 is 2.44 bits per heavy atom. The van der Waals surface area contributed by atoms with Gasteiger partial charge in [0.05, 0.1) is 20.4 Å². The number of methoxy groups -OCH3 is 2. The second kappa shape index (κ2) is 5.17. The van der Waals surface area contributed by atoms with Crippen LogP contribution in [0.4, 0.5) is 0 Å². The first-order valence-corrected chi connectivity index (χ1v) is 5.03. The lowest BCUT2D eigenvalue weighted by atomic mass is 10.2. The molecule has 0 unspecified atom stereocenters. The van der Waals surface area contributed by atoms with Crippen molar-refractivity contribution in [2.45, 2.75) is 0 Å². The van der Waals surface area contributed by atoms with E-state index in [-0.39, 0.29) is 23.3 Å². The van der Waals surface area contributed by atoms with E-state index in [9.17, 15) is 4.79 Å². The summed E-state index contributed by atoms with van der Waals surface area (Å²) in [6, 6.07) is 1.62. The summed E-state index contributed by atoms with van der Waals surface area (Å²) in [5, 5.41) is 0. The van der Waals surface area contributed by atoms with Gasteiger partial charge in [-0.1, -0.05) is 0 Å². The molecule has 2 rings (SSSR count). The van der Waals surface area contributed by atoms with Crippen LogP contribution in [0.25, 0.3) is 0 Å². The van der Waals surface area contributed by atoms with E-state index in [0.29, 0.717) is 0 Å². The molecule has 0 aliphatic rings. The van der Waals surface area contributed by atoms with Crippen molar-refractivity contribution in [3.63, 3.8) is 0 Å². The molecule has 0 fully saturated rings. The summed E-state index contributed by atoms with van der Waals surface area (Å²) in [6.07, 6.45) is 4.28. The lowest BCUT2D eigenvalue weighted by molar-refractivity contribution is 0.102. The first-order chi connectivity index (χ1) is 8.76. The predicted molar refractivity (Wildman–Crippen MR) is 60.6 cm³/mol. The Labute approximate surface area is 103 Å². The van der Waals surface area contributed by atoms with Crippen LogP contribution < -0.4 is 9.47 Å². The van der Waals surface area contributed by atoms with Gasteiger partial charge in [0.2, 0.25) is 17.6 Å². The van der Waals surface area contributed by atoms with Gasteiger partial charge >= 0.3 is 0 Å². The predicted octanol–water partition coefficient (Wildman–Crippen LogP) is 0.515. The molecule has 0 aromatic carbocycles. The van der Waals surface area contributed by atoms with Gasteiger partial charge in [-0.3, -0.25) is 4.79 Å². The quantitative estimate of drug-likeness (QED) is 0.726. The summed E-state index contributed by atoms with van der Waals surface area (Å²) in [6.45, 7) is 0. The molecular formula is C11H10N4O3. The van der Waals surface area contributed by atoms with Crippen LogP contribution in [0.2, 0.25) is 0 Å². The summed E-state index contributed by atoms with van der Waals surface area (Å²) >= 11 is 0. The van der Waals surface area contributed by atoms with Crippen LogP contribution >= 0.6 is 0 Å². The zero-order valence-corrected chi connectivity index (χ0v) is 9.82. The Morgan fingerprint density at radius 1 is 1.11 bits per heavy atom. The van der Waals surface area contributed by atoms with E-state index in [4.69, 9.17) is 9.47 Å². The van der Waals surface area contributed by atoms with E-state index in [0.717, 1.165) is 0 Å². The van der Waals surface area contributed by atoms with Crippen molar-refractivity contribution in [1.82, 2.24) is 19.9 Å². The Hall–Kier alpha value is -2.57. The van der Waals surface area contributed by atoms with Crippen LogP contribution in [0, 0.1) is 0 Å². The number of ether oxygens (including phenoxy) is 2. The molecule has 7 heteroatoms. The molecule has 0 saturated heterocycles. The average Bonchev–Trinajstić information content (AvgIpc) is 2.46. The molecule has 0 spiro atoms. The molecule has 0 aliphatic heterocycles. The second-order valence-corrected chi connectivity index (χ2v) is 3.17. The number of hydrogen-bond acceptors (Lipinski definition) is 7.